The van der Waals surface area contributed by atoms with Crippen molar-refractivity contribution in [2.75, 3.05) is 0 Å². The molecule has 0 aliphatic heterocycles. The Kier molecular flexibility index (Phi) is 65.1. The van der Waals surface area contributed by atoms with E-state index in [4.69, 9.17) is 0 Å². The third kappa shape index (κ3) is 78.0. The van der Waals surface area contributed by atoms with Crippen LogP contribution in [0.25, 0.3) is 0 Å². The summed E-state index contributed by atoms with van der Waals surface area (Å²) in [6, 6.07) is 0. The van der Waals surface area contributed by atoms with Gasteiger partial charge in [-0.25, -0.2) is 0 Å². The standard InChI is InChI=1S/2C7H10F6.6C7H13F3.2C6H14/c1-4(2)3-5(6(8,9)10)7(11,12)13;1-2-3-4-5(6(8,9)10)7(11,12)13;1-5(2)6(3,4)7(8,9)10;1-4-5-6(2,3)7(8,9)10;1-4-5(2)6(3)7(8,9)10;1-3-4-6(2)5-7(8,9)10;1-3-4-5-6(2)7(8,9)10;1-2-3-4-5-6-7(8,9)10;1-5-6(2,3)4;1-4-6(3)5-2/h4-5H,3H2,1-2H3;5H,2-4H2,1H3;5H,1-4H3;4-5H2,1-3H3;5-6H,4H2,1-3H3;2*6H,3-5H2,1-2H3;2-6H2,1H3;5H2,1-4H3;6H,4-5H2,1-3H3/t;;;;5-,6?;2*6-;;;/m....000.../s1. The van der Waals surface area contributed by atoms with Crippen molar-refractivity contribution in [3.63, 3.8) is 0 Å². The molecule has 30 heteroatoms. The number of unbranched alkanes of at least 4 members (excludes halogenated alkanes) is 5. The van der Waals surface area contributed by atoms with Gasteiger partial charge in [-0.2, -0.15) is 132 Å². The zero-order valence-corrected chi connectivity index (χ0v) is 62.9. The van der Waals surface area contributed by atoms with Crippen LogP contribution >= 0.6 is 0 Å². The smallest absolute Gasteiger partial charge is 0.171 e. The van der Waals surface area contributed by atoms with Crippen LogP contribution in [0.1, 0.15) is 308 Å². The lowest BCUT2D eigenvalue weighted by molar-refractivity contribution is -0.288. The molecule has 0 spiro atoms. The Morgan fingerprint density at radius 1 is 0.306 bits per heavy atom. The summed E-state index contributed by atoms with van der Waals surface area (Å²) in [4.78, 5) is 0. The van der Waals surface area contributed by atoms with Gasteiger partial charge in [-0.1, -0.05) is 263 Å². The number of hydrogen-bond donors (Lipinski definition) is 0. The van der Waals surface area contributed by atoms with E-state index in [2.05, 4.69) is 48.5 Å². The zero-order valence-electron chi connectivity index (χ0n) is 62.9. The second-order valence-electron chi connectivity index (χ2n) is 27.8. The van der Waals surface area contributed by atoms with Crippen LogP contribution in [0, 0.1) is 69.5 Å². The second-order valence-corrected chi connectivity index (χ2v) is 27.8. The molecule has 0 aromatic rings. The largest absolute Gasteiger partial charge is 0.400 e. The molecule has 0 aromatic heterocycles. The van der Waals surface area contributed by atoms with Crippen molar-refractivity contribution in [3.05, 3.63) is 0 Å². The predicted octanol–water partition coefficient (Wildman–Crippen LogP) is 32.7. The van der Waals surface area contributed by atoms with Gasteiger partial charge in [0.05, 0.1) is 22.7 Å². The molecule has 0 nitrogen and oxygen atoms in total. The first-order valence-corrected chi connectivity index (χ1v) is 33.7. The van der Waals surface area contributed by atoms with Crippen molar-refractivity contribution in [1.29, 1.82) is 0 Å². The third-order valence-electron chi connectivity index (χ3n) is 15.6. The molecule has 0 rings (SSSR count). The number of alkyl halides is 30. The van der Waals surface area contributed by atoms with E-state index in [1.54, 1.807) is 48.5 Å². The quantitative estimate of drug-likeness (QED) is 0.0749. The van der Waals surface area contributed by atoms with Gasteiger partial charge in [-0.3, -0.25) is 0 Å². The van der Waals surface area contributed by atoms with E-state index in [1.165, 1.54) is 74.7 Å². The van der Waals surface area contributed by atoms with Gasteiger partial charge >= 0.3 is 61.8 Å². The van der Waals surface area contributed by atoms with Crippen LogP contribution in [0.4, 0.5) is 132 Å². The van der Waals surface area contributed by atoms with Crippen LogP contribution in [0.2, 0.25) is 0 Å². The molecular weight excluding hydrogens is 1390 g/mol. The van der Waals surface area contributed by atoms with Gasteiger partial charge in [0.25, 0.3) is 0 Å². The number of rotatable bonds is 22. The van der Waals surface area contributed by atoms with Crippen molar-refractivity contribution in [1.82, 2.24) is 0 Å². The maximum atomic E-state index is 12.1. The number of halogens is 30. The lowest BCUT2D eigenvalue weighted by atomic mass is 9.81. The first-order valence-electron chi connectivity index (χ1n) is 33.7. The maximum absolute atomic E-state index is 12.1. The van der Waals surface area contributed by atoms with E-state index in [-0.39, 0.29) is 43.4 Å². The van der Waals surface area contributed by atoms with Gasteiger partial charge in [0.2, 0.25) is 0 Å². The van der Waals surface area contributed by atoms with Gasteiger partial charge in [-0.15, -0.1) is 0 Å². The minimum absolute atomic E-state index is 0.0658. The van der Waals surface area contributed by atoms with Crippen LogP contribution in [0.5, 0.6) is 0 Å². The Labute approximate surface area is 569 Å². The highest BCUT2D eigenvalue weighted by atomic mass is 19.5. The molecule has 608 valence electrons. The first-order chi connectivity index (χ1) is 43.0. The van der Waals surface area contributed by atoms with E-state index in [9.17, 15) is 132 Å². The molecule has 98 heavy (non-hydrogen) atoms. The van der Waals surface area contributed by atoms with Crippen molar-refractivity contribution in [3.8, 4) is 0 Å². The summed E-state index contributed by atoms with van der Waals surface area (Å²) in [6.07, 6.45) is -36.1. The fraction of sp³-hybridized carbons (Fsp3) is 1.00. The second kappa shape index (κ2) is 54.5. The van der Waals surface area contributed by atoms with Crippen LogP contribution in [0.15, 0.2) is 0 Å². The SMILES string of the molecule is CC(C)C(C)(C)C(F)(F)F.CC(C)CC(C(F)(F)F)C(F)(F)F.CCC(C)(C)C.CCC(C)CC.CCCC(C)(C)C(F)(F)F.CCCCC(C(F)(F)F)C(F)(F)F.CCCCCCC(F)(F)F.CCCC[C@H](C)C(F)(F)F.CCC[C@H](C)CC(F)(F)F.CC[C@H](C)C(C)C(F)(F)F. The fourth-order valence-corrected chi connectivity index (χ4v) is 6.32. The normalized spacial score (nSPS) is 14.2. The number of hydrogen-bond acceptors (Lipinski definition) is 0. The molecule has 0 bridgehead atoms. The molecule has 0 amide bonds. The summed E-state index contributed by atoms with van der Waals surface area (Å²) in [5, 5.41) is 0. The average molecular weight is 1510 g/mol. The van der Waals surface area contributed by atoms with Crippen molar-refractivity contribution >= 4 is 0 Å². The Morgan fingerprint density at radius 2 is 0.663 bits per heavy atom. The Bertz CT molecular complexity index is 1700. The predicted molar refractivity (Wildman–Crippen MR) is 338 cm³/mol. The zero-order chi connectivity index (χ0) is 81.5. The summed E-state index contributed by atoms with van der Waals surface area (Å²) in [5.41, 5.74) is -2.53. The highest BCUT2D eigenvalue weighted by Gasteiger charge is 2.57. The molecule has 0 N–H and O–H groups in total. The lowest BCUT2D eigenvalue weighted by Crippen LogP contribution is -2.37. The summed E-state index contributed by atoms with van der Waals surface area (Å²) in [5.74, 6) is -9.21. The van der Waals surface area contributed by atoms with Crippen LogP contribution in [0.3, 0.4) is 0 Å². The lowest BCUT2D eigenvalue weighted by Gasteiger charge is -2.31. The molecule has 0 aliphatic carbocycles. The van der Waals surface area contributed by atoms with Gasteiger partial charge in [0.1, 0.15) is 0 Å². The molecule has 0 saturated heterocycles. The molecule has 0 aliphatic rings. The van der Waals surface area contributed by atoms with Crippen LogP contribution < -0.4 is 0 Å². The Hall–Kier alpha value is -2.10. The Balaban J connectivity index is -0.000000111. The van der Waals surface area contributed by atoms with Gasteiger partial charge < -0.3 is 0 Å². The molecule has 1 unspecified atom stereocenters. The topological polar surface area (TPSA) is 0 Å². The van der Waals surface area contributed by atoms with Crippen LogP contribution in [-0.4, -0.2) is 61.8 Å². The molecule has 0 radical (unpaired) electrons. The Morgan fingerprint density at radius 3 is 0.827 bits per heavy atom. The maximum Gasteiger partial charge on any atom is 0.400 e. The van der Waals surface area contributed by atoms with Gasteiger partial charge in [-0.05, 0) is 67.1 Å². The summed E-state index contributed by atoms with van der Waals surface area (Å²) >= 11 is 0. The molecule has 4 atom stereocenters. The summed E-state index contributed by atoms with van der Waals surface area (Å²) in [7, 11) is 0. The summed E-state index contributed by atoms with van der Waals surface area (Å²) < 4.78 is 355. The molecule has 0 saturated carbocycles. The molecule has 0 heterocycles. The third-order valence-corrected chi connectivity index (χ3v) is 15.6. The van der Waals surface area contributed by atoms with Crippen molar-refractivity contribution in [2.45, 2.75) is 370 Å². The highest BCUT2D eigenvalue weighted by molar-refractivity contribution is 4.80. The van der Waals surface area contributed by atoms with E-state index >= 15 is 0 Å². The molecular formula is C68H126F30. The molecule has 0 fully saturated rings. The van der Waals surface area contributed by atoms with Gasteiger partial charge in [0.15, 0.2) is 11.8 Å². The van der Waals surface area contributed by atoms with Gasteiger partial charge in [0, 0.05) is 12.8 Å². The monoisotopic (exact) mass is 1510 g/mol. The van der Waals surface area contributed by atoms with Crippen molar-refractivity contribution < 1.29 is 132 Å². The van der Waals surface area contributed by atoms with E-state index in [1.807, 2.05) is 20.8 Å². The fourth-order valence-electron chi connectivity index (χ4n) is 6.32. The minimum atomic E-state index is -5.19. The summed E-state index contributed by atoms with van der Waals surface area (Å²) in [6.45, 7) is 42.9. The van der Waals surface area contributed by atoms with Crippen molar-refractivity contribution in [2.24, 2.45) is 69.5 Å². The average Bonchev–Trinajstić information content (AvgIpc) is 0.847. The van der Waals surface area contributed by atoms with Crippen LogP contribution in [-0.2, 0) is 0 Å². The van der Waals surface area contributed by atoms with E-state index < -0.39 is 128 Å². The van der Waals surface area contributed by atoms with E-state index in [0.29, 0.717) is 43.9 Å². The first kappa shape index (κ1) is 117. The molecule has 0 aromatic carbocycles. The minimum Gasteiger partial charge on any atom is -0.171 e. The van der Waals surface area contributed by atoms with E-state index in [0.717, 1.165) is 31.6 Å². The highest BCUT2D eigenvalue weighted by Crippen LogP contribution is 2.46.